The molecule has 8 heteroatoms. The quantitative estimate of drug-likeness (QED) is 0.422. The topological polar surface area (TPSA) is 107 Å². The summed E-state index contributed by atoms with van der Waals surface area (Å²) < 4.78 is 10.4. The minimum Gasteiger partial charge on any atom is -0.483 e. The Morgan fingerprint density at radius 1 is 1.20 bits per heavy atom. The molecular weight excluding hydrogens is 326 g/mol. The highest BCUT2D eigenvalue weighted by Gasteiger charge is 2.10. The van der Waals surface area contributed by atoms with Crippen molar-refractivity contribution in [1.82, 2.24) is 5.43 Å². The lowest BCUT2D eigenvalue weighted by atomic mass is 10.1. The second-order valence-electron chi connectivity index (χ2n) is 4.99. The Morgan fingerprint density at radius 2 is 2.00 bits per heavy atom. The van der Waals surface area contributed by atoms with E-state index < -0.39 is 16.7 Å². The molecule has 1 amide bonds. The minimum atomic E-state index is -0.659. The summed E-state index contributed by atoms with van der Waals surface area (Å²) in [5, 5.41) is 16.1. The molecule has 3 aromatic rings. The molecule has 0 saturated carbocycles. The van der Waals surface area contributed by atoms with Gasteiger partial charge in [-0.15, -0.1) is 0 Å². The van der Waals surface area contributed by atoms with Crippen molar-refractivity contribution in [3.63, 3.8) is 0 Å². The number of hydrazone groups is 1. The summed E-state index contributed by atoms with van der Waals surface area (Å²) in [5.41, 5.74) is 2.26. The number of nitrogens with zero attached hydrogens (tertiary/aromatic N) is 2. The Kier molecular flexibility index (Phi) is 4.70. The molecule has 0 spiro atoms. The van der Waals surface area contributed by atoms with E-state index in [1.165, 1.54) is 18.3 Å². The van der Waals surface area contributed by atoms with Gasteiger partial charge in [0, 0.05) is 5.39 Å². The van der Waals surface area contributed by atoms with E-state index in [-0.39, 0.29) is 12.4 Å². The van der Waals surface area contributed by atoms with Crippen LogP contribution in [0.3, 0.4) is 0 Å². The van der Waals surface area contributed by atoms with Gasteiger partial charge in [-0.05, 0) is 17.5 Å². The third-order valence-corrected chi connectivity index (χ3v) is 3.28. The minimum absolute atomic E-state index is 0.155. The van der Waals surface area contributed by atoms with E-state index in [9.17, 15) is 14.9 Å². The van der Waals surface area contributed by atoms with Crippen molar-refractivity contribution in [3.05, 3.63) is 70.5 Å². The SMILES string of the molecule is O=C(COc1cccc2ccccc12)N/N=C/c1ccc([N+](=O)[O-])o1. The zero-order valence-corrected chi connectivity index (χ0v) is 12.9. The highest BCUT2D eigenvalue weighted by molar-refractivity contribution is 5.88. The van der Waals surface area contributed by atoms with Crippen LogP contribution >= 0.6 is 0 Å². The molecule has 1 heterocycles. The van der Waals surface area contributed by atoms with Crippen molar-refractivity contribution < 1.29 is 18.9 Å². The number of furan rings is 1. The molecule has 1 aromatic heterocycles. The number of fused-ring (bicyclic) bond motifs is 1. The van der Waals surface area contributed by atoms with E-state index in [0.717, 1.165) is 10.8 Å². The molecule has 2 aromatic carbocycles. The van der Waals surface area contributed by atoms with Gasteiger partial charge in [0.1, 0.15) is 10.7 Å². The molecule has 0 aliphatic heterocycles. The zero-order chi connectivity index (χ0) is 17.6. The maximum atomic E-state index is 11.8. The van der Waals surface area contributed by atoms with Crippen LogP contribution in [0.5, 0.6) is 5.75 Å². The summed E-state index contributed by atoms with van der Waals surface area (Å²) in [6, 6.07) is 15.8. The Labute approximate surface area is 141 Å². The summed E-state index contributed by atoms with van der Waals surface area (Å²) in [5.74, 6) is -0.113. The molecule has 3 rings (SSSR count). The Morgan fingerprint density at radius 3 is 2.80 bits per heavy atom. The van der Waals surface area contributed by atoms with Gasteiger partial charge in [-0.1, -0.05) is 36.4 Å². The molecule has 0 aliphatic rings. The lowest BCUT2D eigenvalue weighted by molar-refractivity contribution is -0.402. The van der Waals surface area contributed by atoms with Gasteiger partial charge in [0.2, 0.25) is 0 Å². The highest BCUT2D eigenvalue weighted by atomic mass is 16.6. The summed E-state index contributed by atoms with van der Waals surface area (Å²) >= 11 is 0. The number of carbonyl (C=O) groups excluding carboxylic acids is 1. The molecular formula is C17H13N3O5. The van der Waals surface area contributed by atoms with Crippen LogP contribution in [0.25, 0.3) is 10.8 Å². The van der Waals surface area contributed by atoms with Gasteiger partial charge in [-0.2, -0.15) is 5.10 Å². The van der Waals surface area contributed by atoms with Crippen molar-refractivity contribution in [2.45, 2.75) is 0 Å². The fraction of sp³-hybridized carbons (Fsp3) is 0.0588. The lowest BCUT2D eigenvalue weighted by Gasteiger charge is -2.08. The predicted octanol–water partition coefficient (Wildman–Crippen LogP) is 2.87. The van der Waals surface area contributed by atoms with Crippen molar-refractivity contribution in [1.29, 1.82) is 0 Å². The number of hydrogen-bond donors (Lipinski definition) is 1. The first-order chi connectivity index (χ1) is 12.1. The summed E-state index contributed by atoms with van der Waals surface area (Å²) in [6.45, 7) is -0.219. The first-order valence-electron chi connectivity index (χ1n) is 7.30. The standard InChI is InChI=1S/C17H13N3O5/c21-16(19-18-10-13-8-9-17(25-13)20(22)23)11-24-15-7-3-5-12-4-1-2-6-14(12)15/h1-10H,11H2,(H,19,21)/b18-10+. The second-order valence-corrected chi connectivity index (χ2v) is 4.99. The highest BCUT2D eigenvalue weighted by Crippen LogP contribution is 2.24. The van der Waals surface area contributed by atoms with Crippen LogP contribution in [0.1, 0.15) is 5.76 Å². The van der Waals surface area contributed by atoms with Crippen LogP contribution in [-0.2, 0) is 4.79 Å². The number of benzene rings is 2. The smallest absolute Gasteiger partial charge is 0.433 e. The number of amides is 1. The average molecular weight is 339 g/mol. The molecule has 0 bridgehead atoms. The molecule has 0 fully saturated rings. The fourth-order valence-electron chi connectivity index (χ4n) is 2.17. The number of hydrogen-bond acceptors (Lipinski definition) is 6. The molecule has 1 N–H and O–H groups in total. The normalized spacial score (nSPS) is 10.9. The molecule has 8 nitrogen and oxygen atoms in total. The Balaban J connectivity index is 1.55. The number of carbonyl (C=O) groups is 1. The van der Waals surface area contributed by atoms with E-state index in [1.54, 1.807) is 6.07 Å². The first kappa shape index (κ1) is 16.2. The molecule has 0 aliphatic carbocycles. The summed E-state index contributed by atoms with van der Waals surface area (Å²) in [7, 11) is 0. The van der Waals surface area contributed by atoms with Gasteiger partial charge in [-0.25, -0.2) is 5.43 Å². The van der Waals surface area contributed by atoms with Crippen LogP contribution in [0.15, 0.2) is 64.1 Å². The lowest BCUT2D eigenvalue weighted by Crippen LogP contribution is -2.24. The molecule has 0 atom stereocenters. The summed E-state index contributed by atoms with van der Waals surface area (Å²) in [4.78, 5) is 21.6. The monoisotopic (exact) mass is 339 g/mol. The van der Waals surface area contributed by atoms with Crippen LogP contribution in [0, 0.1) is 10.1 Å². The zero-order valence-electron chi connectivity index (χ0n) is 12.9. The van der Waals surface area contributed by atoms with Crippen LogP contribution in [0.2, 0.25) is 0 Å². The number of nitro groups is 1. The Bertz CT molecular complexity index is 943. The largest absolute Gasteiger partial charge is 0.483 e. The van der Waals surface area contributed by atoms with Gasteiger partial charge < -0.3 is 9.15 Å². The number of ether oxygens (including phenoxy) is 1. The van der Waals surface area contributed by atoms with Crippen LogP contribution in [0.4, 0.5) is 5.88 Å². The number of nitrogens with one attached hydrogen (secondary N) is 1. The molecule has 126 valence electrons. The van der Waals surface area contributed by atoms with Crippen molar-refractivity contribution >= 4 is 28.8 Å². The average Bonchev–Trinajstić information content (AvgIpc) is 3.09. The van der Waals surface area contributed by atoms with Gasteiger partial charge in [-0.3, -0.25) is 14.9 Å². The third-order valence-electron chi connectivity index (χ3n) is 3.28. The van der Waals surface area contributed by atoms with Crippen LogP contribution < -0.4 is 10.2 Å². The predicted molar refractivity (Wildman–Crippen MR) is 90.5 cm³/mol. The van der Waals surface area contributed by atoms with Crippen LogP contribution in [-0.4, -0.2) is 23.7 Å². The van der Waals surface area contributed by atoms with Gasteiger partial charge >= 0.3 is 5.88 Å². The molecule has 25 heavy (non-hydrogen) atoms. The van der Waals surface area contributed by atoms with E-state index in [0.29, 0.717) is 5.75 Å². The van der Waals surface area contributed by atoms with Crippen molar-refractivity contribution in [3.8, 4) is 5.75 Å². The van der Waals surface area contributed by atoms with Gasteiger partial charge in [0.25, 0.3) is 5.91 Å². The first-order valence-corrected chi connectivity index (χ1v) is 7.30. The molecule has 0 radical (unpaired) electrons. The van der Waals surface area contributed by atoms with Crippen molar-refractivity contribution in [2.75, 3.05) is 6.61 Å². The number of rotatable bonds is 6. The maximum absolute atomic E-state index is 11.8. The summed E-state index contributed by atoms with van der Waals surface area (Å²) in [6.07, 6.45) is 1.17. The fourth-order valence-corrected chi connectivity index (χ4v) is 2.17. The third kappa shape index (κ3) is 3.99. The molecule has 0 saturated heterocycles. The van der Waals surface area contributed by atoms with E-state index in [2.05, 4.69) is 10.5 Å². The maximum Gasteiger partial charge on any atom is 0.433 e. The van der Waals surface area contributed by atoms with Gasteiger partial charge in [0.15, 0.2) is 12.4 Å². The Hall–Kier alpha value is -3.68. The van der Waals surface area contributed by atoms with E-state index >= 15 is 0 Å². The van der Waals surface area contributed by atoms with Crippen molar-refractivity contribution in [2.24, 2.45) is 5.10 Å². The van der Waals surface area contributed by atoms with E-state index in [4.69, 9.17) is 9.15 Å². The van der Waals surface area contributed by atoms with Gasteiger partial charge in [0.05, 0.1) is 12.3 Å². The second kappa shape index (κ2) is 7.26. The molecule has 0 unspecified atom stereocenters. The van der Waals surface area contributed by atoms with E-state index in [1.807, 2.05) is 36.4 Å².